The Morgan fingerprint density at radius 3 is 2.68 bits per heavy atom. The zero-order chi connectivity index (χ0) is 23.9. The van der Waals surface area contributed by atoms with Gasteiger partial charge in [0.25, 0.3) is 0 Å². The summed E-state index contributed by atoms with van der Waals surface area (Å²) >= 11 is 3.00. The summed E-state index contributed by atoms with van der Waals surface area (Å²) in [7, 11) is 1.65. The molecule has 1 N–H and O–H groups in total. The van der Waals surface area contributed by atoms with Crippen LogP contribution in [-0.4, -0.2) is 38.5 Å². The summed E-state index contributed by atoms with van der Waals surface area (Å²) in [6.07, 6.45) is 2.06. The number of aromatic nitrogens is 4. The fraction of sp³-hybridized carbons (Fsp3) is 0.280. The highest BCUT2D eigenvalue weighted by molar-refractivity contribution is 7.99. The van der Waals surface area contributed by atoms with E-state index in [0.717, 1.165) is 63.6 Å². The number of rotatable bonds is 10. The van der Waals surface area contributed by atoms with Crippen LogP contribution < -0.4 is 10.1 Å². The molecule has 4 rings (SSSR count). The SMILES string of the molecule is CCCCn1c(SCC(=O)Nc2cccc(-c3csc(C)n3)c2)nnc1-c1ccc(OC)cc1. The van der Waals surface area contributed by atoms with Crippen LogP contribution in [0.3, 0.4) is 0 Å². The third-order valence-electron chi connectivity index (χ3n) is 5.19. The second kappa shape index (κ2) is 11.3. The molecule has 0 aliphatic rings. The molecule has 2 aromatic carbocycles. The minimum absolute atomic E-state index is 0.0901. The van der Waals surface area contributed by atoms with E-state index in [1.165, 1.54) is 11.8 Å². The number of nitrogens with zero attached hydrogens (tertiary/aromatic N) is 4. The second-order valence-corrected chi connectivity index (χ2v) is 9.71. The summed E-state index contributed by atoms with van der Waals surface area (Å²) in [5.41, 5.74) is 3.62. The van der Waals surface area contributed by atoms with Gasteiger partial charge >= 0.3 is 0 Å². The summed E-state index contributed by atoms with van der Waals surface area (Å²) in [6, 6.07) is 15.5. The Kier molecular flexibility index (Phi) is 7.97. The predicted molar refractivity (Wildman–Crippen MR) is 139 cm³/mol. The van der Waals surface area contributed by atoms with Gasteiger partial charge in [0.15, 0.2) is 11.0 Å². The van der Waals surface area contributed by atoms with Gasteiger partial charge in [-0.05, 0) is 49.7 Å². The molecule has 0 aliphatic carbocycles. The molecule has 9 heteroatoms. The van der Waals surface area contributed by atoms with E-state index in [0.29, 0.717) is 0 Å². The third kappa shape index (κ3) is 5.84. The molecule has 2 aromatic heterocycles. The molecule has 0 bridgehead atoms. The maximum Gasteiger partial charge on any atom is 0.234 e. The number of hydrogen-bond donors (Lipinski definition) is 1. The smallest absolute Gasteiger partial charge is 0.234 e. The average molecular weight is 494 g/mol. The van der Waals surface area contributed by atoms with Crippen molar-refractivity contribution in [2.75, 3.05) is 18.2 Å². The standard InChI is InChI=1S/C25H27N5O2S2/c1-4-5-13-30-24(18-9-11-21(32-3)12-10-18)28-29-25(30)34-16-23(31)27-20-8-6-7-19(14-20)22-15-33-17(2)26-22/h6-12,14-15H,4-5,13,16H2,1-3H3,(H,27,31). The number of aryl methyl sites for hydroxylation is 1. The number of thiazole rings is 1. The van der Waals surface area contributed by atoms with Crippen molar-refractivity contribution in [3.8, 4) is 28.4 Å². The van der Waals surface area contributed by atoms with Crippen LogP contribution in [0.25, 0.3) is 22.6 Å². The predicted octanol–water partition coefficient (Wildman–Crippen LogP) is 5.92. The highest BCUT2D eigenvalue weighted by Gasteiger charge is 2.16. The van der Waals surface area contributed by atoms with E-state index < -0.39 is 0 Å². The molecule has 0 aliphatic heterocycles. The fourth-order valence-electron chi connectivity index (χ4n) is 3.45. The monoisotopic (exact) mass is 493 g/mol. The number of methoxy groups -OCH3 is 1. The van der Waals surface area contributed by atoms with Crippen molar-refractivity contribution in [1.29, 1.82) is 0 Å². The molecule has 0 saturated heterocycles. The number of anilines is 1. The first kappa shape index (κ1) is 24.0. The molecule has 0 atom stereocenters. The van der Waals surface area contributed by atoms with Crippen LogP contribution in [0.4, 0.5) is 5.69 Å². The number of benzene rings is 2. The lowest BCUT2D eigenvalue weighted by atomic mass is 10.1. The number of hydrogen-bond acceptors (Lipinski definition) is 7. The van der Waals surface area contributed by atoms with Crippen molar-refractivity contribution in [2.45, 2.75) is 38.4 Å². The molecule has 34 heavy (non-hydrogen) atoms. The van der Waals surface area contributed by atoms with Gasteiger partial charge in [-0.3, -0.25) is 4.79 Å². The largest absolute Gasteiger partial charge is 0.497 e. The van der Waals surface area contributed by atoms with E-state index >= 15 is 0 Å². The fourth-order valence-corrected chi connectivity index (χ4v) is 4.83. The molecule has 4 aromatic rings. The number of ether oxygens (including phenoxy) is 1. The first-order valence-corrected chi connectivity index (χ1v) is 13.0. The van der Waals surface area contributed by atoms with Gasteiger partial charge in [-0.15, -0.1) is 21.5 Å². The Morgan fingerprint density at radius 1 is 1.15 bits per heavy atom. The van der Waals surface area contributed by atoms with Gasteiger partial charge < -0.3 is 14.6 Å². The van der Waals surface area contributed by atoms with Gasteiger partial charge in [0, 0.05) is 28.7 Å². The van der Waals surface area contributed by atoms with Crippen LogP contribution in [0.2, 0.25) is 0 Å². The van der Waals surface area contributed by atoms with E-state index in [9.17, 15) is 4.79 Å². The van der Waals surface area contributed by atoms with E-state index in [4.69, 9.17) is 4.74 Å². The summed E-state index contributed by atoms with van der Waals surface area (Å²) in [5, 5.41) is 15.6. The van der Waals surface area contributed by atoms with Crippen molar-refractivity contribution in [3.05, 3.63) is 58.9 Å². The average Bonchev–Trinajstić information content (AvgIpc) is 3.47. The Morgan fingerprint density at radius 2 is 1.97 bits per heavy atom. The highest BCUT2D eigenvalue weighted by Crippen LogP contribution is 2.27. The summed E-state index contributed by atoms with van der Waals surface area (Å²) in [5.74, 6) is 1.74. The molecule has 0 fully saturated rings. The minimum Gasteiger partial charge on any atom is -0.497 e. The van der Waals surface area contributed by atoms with Crippen LogP contribution in [-0.2, 0) is 11.3 Å². The molecule has 1 amide bonds. The van der Waals surface area contributed by atoms with Crippen LogP contribution in [0, 0.1) is 6.92 Å². The normalized spacial score (nSPS) is 10.9. The van der Waals surface area contributed by atoms with Crippen LogP contribution >= 0.6 is 23.1 Å². The first-order chi connectivity index (χ1) is 16.6. The van der Waals surface area contributed by atoms with E-state index in [2.05, 4.69) is 32.0 Å². The van der Waals surface area contributed by atoms with Gasteiger partial charge in [0.1, 0.15) is 5.75 Å². The third-order valence-corrected chi connectivity index (χ3v) is 6.93. The Labute approximate surface area is 207 Å². The second-order valence-electron chi connectivity index (χ2n) is 7.71. The van der Waals surface area contributed by atoms with Crippen molar-refractivity contribution < 1.29 is 9.53 Å². The molecule has 7 nitrogen and oxygen atoms in total. The number of thioether (sulfide) groups is 1. The number of unbranched alkanes of at least 4 members (excludes halogenated alkanes) is 1. The topological polar surface area (TPSA) is 81.9 Å². The minimum atomic E-state index is -0.0901. The molecule has 0 unspecified atom stereocenters. The molecule has 2 heterocycles. The summed E-state index contributed by atoms with van der Waals surface area (Å²) in [6.45, 7) is 4.93. The quantitative estimate of drug-likeness (QED) is 0.276. The van der Waals surface area contributed by atoms with Crippen molar-refractivity contribution in [3.63, 3.8) is 0 Å². The Balaban J connectivity index is 1.44. The molecule has 0 spiro atoms. The van der Waals surface area contributed by atoms with Gasteiger partial charge in [0.2, 0.25) is 5.91 Å². The van der Waals surface area contributed by atoms with Crippen LogP contribution in [0.15, 0.2) is 59.1 Å². The number of nitrogens with one attached hydrogen (secondary N) is 1. The number of carbonyl (C=O) groups is 1. The van der Waals surface area contributed by atoms with Gasteiger partial charge in [-0.25, -0.2) is 4.98 Å². The zero-order valence-electron chi connectivity index (χ0n) is 19.4. The summed E-state index contributed by atoms with van der Waals surface area (Å²) in [4.78, 5) is 17.2. The van der Waals surface area contributed by atoms with Gasteiger partial charge in [-0.2, -0.15) is 0 Å². The molecule has 176 valence electrons. The van der Waals surface area contributed by atoms with Gasteiger partial charge in [0.05, 0.1) is 23.6 Å². The lowest BCUT2D eigenvalue weighted by Gasteiger charge is -2.10. The maximum absolute atomic E-state index is 12.7. The van der Waals surface area contributed by atoms with E-state index in [1.807, 2.05) is 60.8 Å². The lowest BCUT2D eigenvalue weighted by Crippen LogP contribution is -2.14. The maximum atomic E-state index is 12.7. The van der Waals surface area contributed by atoms with E-state index in [-0.39, 0.29) is 11.7 Å². The Hall–Kier alpha value is -3.17. The molecular weight excluding hydrogens is 466 g/mol. The molecular formula is C25H27N5O2S2. The van der Waals surface area contributed by atoms with Gasteiger partial charge in [-0.1, -0.05) is 37.2 Å². The highest BCUT2D eigenvalue weighted by atomic mass is 32.2. The summed E-state index contributed by atoms with van der Waals surface area (Å²) < 4.78 is 7.35. The first-order valence-electron chi connectivity index (χ1n) is 11.1. The van der Waals surface area contributed by atoms with Crippen LogP contribution in [0.1, 0.15) is 24.8 Å². The number of carbonyl (C=O) groups excluding carboxylic acids is 1. The lowest BCUT2D eigenvalue weighted by molar-refractivity contribution is -0.113. The molecule has 0 saturated carbocycles. The van der Waals surface area contributed by atoms with E-state index in [1.54, 1.807) is 18.4 Å². The van der Waals surface area contributed by atoms with Crippen molar-refractivity contribution in [2.24, 2.45) is 0 Å². The number of amides is 1. The van der Waals surface area contributed by atoms with Crippen LogP contribution in [0.5, 0.6) is 5.75 Å². The molecule has 0 radical (unpaired) electrons. The van der Waals surface area contributed by atoms with Crippen molar-refractivity contribution in [1.82, 2.24) is 19.7 Å². The zero-order valence-corrected chi connectivity index (χ0v) is 21.1. The van der Waals surface area contributed by atoms with Crippen molar-refractivity contribution >= 4 is 34.7 Å². The Bertz CT molecular complexity index is 1250.